The molecule has 0 unspecified atom stereocenters. The van der Waals surface area contributed by atoms with Crippen molar-refractivity contribution in [2.45, 2.75) is 4.90 Å². The van der Waals surface area contributed by atoms with Crippen molar-refractivity contribution in [2.24, 2.45) is 0 Å². The van der Waals surface area contributed by atoms with Gasteiger partial charge in [0, 0.05) is 18.5 Å². The molecule has 0 bridgehead atoms. The first-order valence-electron chi connectivity index (χ1n) is 6.19. The number of fused-ring (bicyclic) bond motifs is 1. The maximum Gasteiger partial charge on any atom is 0.262 e. The Labute approximate surface area is 122 Å². The average Bonchev–Trinajstić information content (AvgIpc) is 2.94. The molecular formula is C14H13N3O3S. The number of rotatable bonds is 4. The van der Waals surface area contributed by atoms with Gasteiger partial charge in [-0.3, -0.25) is 4.72 Å². The van der Waals surface area contributed by atoms with Crippen molar-refractivity contribution in [1.29, 1.82) is 0 Å². The van der Waals surface area contributed by atoms with E-state index in [0.29, 0.717) is 11.4 Å². The molecule has 6 nitrogen and oxygen atoms in total. The van der Waals surface area contributed by atoms with Crippen molar-refractivity contribution in [1.82, 2.24) is 9.61 Å². The molecule has 21 heavy (non-hydrogen) atoms. The number of pyridine rings is 1. The molecule has 0 spiro atoms. The first kappa shape index (κ1) is 13.4. The second kappa shape index (κ2) is 5.10. The third-order valence-electron chi connectivity index (χ3n) is 3.00. The summed E-state index contributed by atoms with van der Waals surface area (Å²) in [6, 6.07) is 11.5. The second-order valence-corrected chi connectivity index (χ2v) is 6.08. The molecule has 0 aliphatic heterocycles. The summed E-state index contributed by atoms with van der Waals surface area (Å²) >= 11 is 0. The molecule has 0 amide bonds. The number of ether oxygens (including phenoxy) is 1. The standard InChI is InChI=1S/C14H13N3O3S/c1-20-13-3-2-4-14(10-13)21(18,19)16-11-6-8-17-12(9-11)5-7-15-17/h2-10,16H,1H3. The molecular weight excluding hydrogens is 290 g/mol. The number of aromatic nitrogens is 2. The molecule has 0 fully saturated rings. The van der Waals surface area contributed by atoms with Gasteiger partial charge in [0.15, 0.2) is 0 Å². The maximum atomic E-state index is 12.4. The van der Waals surface area contributed by atoms with Crippen LogP contribution in [0.1, 0.15) is 0 Å². The van der Waals surface area contributed by atoms with E-state index in [2.05, 4.69) is 9.82 Å². The highest BCUT2D eigenvalue weighted by molar-refractivity contribution is 7.92. The molecule has 0 aliphatic carbocycles. The highest BCUT2D eigenvalue weighted by Crippen LogP contribution is 2.21. The van der Waals surface area contributed by atoms with Crippen LogP contribution in [-0.4, -0.2) is 25.1 Å². The number of anilines is 1. The van der Waals surface area contributed by atoms with Crippen LogP contribution in [0.3, 0.4) is 0 Å². The Balaban J connectivity index is 1.94. The lowest BCUT2D eigenvalue weighted by Crippen LogP contribution is -2.13. The molecule has 0 aliphatic rings. The lowest BCUT2D eigenvalue weighted by Gasteiger charge is -2.09. The first-order chi connectivity index (χ1) is 10.1. The number of methoxy groups -OCH3 is 1. The van der Waals surface area contributed by atoms with E-state index < -0.39 is 10.0 Å². The summed E-state index contributed by atoms with van der Waals surface area (Å²) in [5, 5.41) is 4.06. The van der Waals surface area contributed by atoms with Gasteiger partial charge in [0.1, 0.15) is 5.75 Å². The Kier molecular flexibility index (Phi) is 3.26. The molecule has 1 aromatic carbocycles. The van der Waals surface area contributed by atoms with Gasteiger partial charge in [0.2, 0.25) is 0 Å². The summed E-state index contributed by atoms with van der Waals surface area (Å²) < 4.78 is 34.0. The fraction of sp³-hybridized carbons (Fsp3) is 0.0714. The molecule has 0 saturated carbocycles. The van der Waals surface area contributed by atoms with E-state index in [4.69, 9.17) is 4.74 Å². The topological polar surface area (TPSA) is 72.7 Å². The lowest BCUT2D eigenvalue weighted by molar-refractivity contribution is 0.413. The van der Waals surface area contributed by atoms with Crippen molar-refractivity contribution >= 4 is 21.2 Å². The summed E-state index contributed by atoms with van der Waals surface area (Å²) in [5.41, 5.74) is 1.28. The fourth-order valence-corrected chi connectivity index (χ4v) is 3.05. The minimum atomic E-state index is -3.66. The number of nitrogens with zero attached hydrogens (tertiary/aromatic N) is 2. The molecule has 3 aromatic rings. The molecule has 0 radical (unpaired) electrons. The Hall–Kier alpha value is -2.54. The van der Waals surface area contributed by atoms with Crippen LogP contribution in [0.25, 0.3) is 5.52 Å². The van der Waals surface area contributed by atoms with Crippen molar-refractivity contribution in [3.63, 3.8) is 0 Å². The van der Waals surface area contributed by atoms with Crippen molar-refractivity contribution in [3.05, 3.63) is 54.9 Å². The monoisotopic (exact) mass is 303 g/mol. The smallest absolute Gasteiger partial charge is 0.262 e. The largest absolute Gasteiger partial charge is 0.497 e. The van der Waals surface area contributed by atoms with Gasteiger partial charge in [-0.1, -0.05) is 6.07 Å². The summed E-state index contributed by atoms with van der Waals surface area (Å²) in [7, 11) is -2.16. The van der Waals surface area contributed by atoms with Gasteiger partial charge in [0.05, 0.1) is 23.2 Å². The molecule has 1 N–H and O–H groups in total. The SMILES string of the molecule is COc1cccc(S(=O)(=O)Nc2ccn3nccc3c2)c1. The van der Waals surface area contributed by atoms with Crippen LogP contribution in [0.15, 0.2) is 59.8 Å². The van der Waals surface area contributed by atoms with Gasteiger partial charge in [-0.05, 0) is 30.3 Å². The van der Waals surface area contributed by atoms with Gasteiger partial charge in [0.25, 0.3) is 10.0 Å². The molecule has 3 rings (SSSR count). The molecule has 2 heterocycles. The first-order valence-corrected chi connectivity index (χ1v) is 7.67. The van der Waals surface area contributed by atoms with E-state index in [9.17, 15) is 8.42 Å². The Morgan fingerprint density at radius 2 is 2.05 bits per heavy atom. The zero-order chi connectivity index (χ0) is 14.9. The quantitative estimate of drug-likeness (QED) is 0.801. The van der Waals surface area contributed by atoms with Crippen LogP contribution in [0.4, 0.5) is 5.69 Å². The van der Waals surface area contributed by atoms with E-state index in [1.807, 2.05) is 0 Å². The number of hydrogen-bond acceptors (Lipinski definition) is 4. The van der Waals surface area contributed by atoms with Gasteiger partial charge in [-0.25, -0.2) is 12.9 Å². The van der Waals surface area contributed by atoms with E-state index >= 15 is 0 Å². The fourth-order valence-electron chi connectivity index (χ4n) is 1.97. The molecule has 0 saturated heterocycles. The highest BCUT2D eigenvalue weighted by Gasteiger charge is 2.15. The zero-order valence-electron chi connectivity index (χ0n) is 11.2. The minimum Gasteiger partial charge on any atom is -0.497 e. The predicted molar refractivity (Wildman–Crippen MR) is 79.0 cm³/mol. The van der Waals surface area contributed by atoms with Crippen molar-refractivity contribution < 1.29 is 13.2 Å². The van der Waals surface area contributed by atoms with Gasteiger partial charge in [-0.2, -0.15) is 5.10 Å². The van der Waals surface area contributed by atoms with E-state index in [1.54, 1.807) is 47.2 Å². The van der Waals surface area contributed by atoms with Crippen LogP contribution >= 0.6 is 0 Å². The van der Waals surface area contributed by atoms with Crippen molar-refractivity contribution in [3.8, 4) is 5.75 Å². The van der Waals surface area contributed by atoms with Gasteiger partial charge >= 0.3 is 0 Å². The lowest BCUT2D eigenvalue weighted by atomic mass is 10.3. The summed E-state index contributed by atoms with van der Waals surface area (Å²) in [6.45, 7) is 0. The molecule has 0 atom stereocenters. The maximum absolute atomic E-state index is 12.4. The zero-order valence-corrected chi connectivity index (χ0v) is 12.0. The summed E-state index contributed by atoms with van der Waals surface area (Å²) in [6.07, 6.45) is 3.34. The van der Waals surface area contributed by atoms with Crippen LogP contribution < -0.4 is 9.46 Å². The Morgan fingerprint density at radius 3 is 2.86 bits per heavy atom. The summed E-state index contributed by atoms with van der Waals surface area (Å²) in [4.78, 5) is 0.148. The Morgan fingerprint density at radius 1 is 1.19 bits per heavy atom. The van der Waals surface area contributed by atoms with Crippen LogP contribution in [0.2, 0.25) is 0 Å². The highest BCUT2D eigenvalue weighted by atomic mass is 32.2. The molecule has 2 aromatic heterocycles. The number of sulfonamides is 1. The number of benzene rings is 1. The Bertz CT molecular complexity index is 887. The van der Waals surface area contributed by atoms with Crippen LogP contribution in [0.5, 0.6) is 5.75 Å². The van der Waals surface area contributed by atoms with E-state index in [-0.39, 0.29) is 4.90 Å². The normalized spacial score (nSPS) is 11.5. The van der Waals surface area contributed by atoms with Gasteiger partial charge < -0.3 is 4.74 Å². The number of hydrogen-bond donors (Lipinski definition) is 1. The average molecular weight is 303 g/mol. The number of nitrogens with one attached hydrogen (secondary N) is 1. The summed E-state index contributed by atoms with van der Waals surface area (Å²) in [5.74, 6) is 0.490. The predicted octanol–water partition coefficient (Wildman–Crippen LogP) is 2.14. The third kappa shape index (κ3) is 2.68. The van der Waals surface area contributed by atoms with Gasteiger partial charge in [-0.15, -0.1) is 0 Å². The molecule has 108 valence electrons. The third-order valence-corrected chi connectivity index (χ3v) is 4.38. The van der Waals surface area contributed by atoms with Crippen LogP contribution in [0, 0.1) is 0 Å². The van der Waals surface area contributed by atoms with E-state index in [0.717, 1.165) is 5.52 Å². The van der Waals surface area contributed by atoms with E-state index in [1.165, 1.54) is 19.2 Å². The molecule has 7 heteroatoms. The minimum absolute atomic E-state index is 0.148. The van der Waals surface area contributed by atoms with Crippen LogP contribution in [-0.2, 0) is 10.0 Å². The van der Waals surface area contributed by atoms with Crippen molar-refractivity contribution in [2.75, 3.05) is 11.8 Å². The second-order valence-electron chi connectivity index (χ2n) is 4.40.